The quantitative estimate of drug-likeness (QED) is 0.413. The predicted molar refractivity (Wildman–Crippen MR) is 169 cm³/mol. The molecule has 0 radical (unpaired) electrons. The molecule has 3 atom stereocenters. The molecule has 11 heteroatoms. The molecule has 226 valence electrons. The maximum Gasteiger partial charge on any atom is 0.246 e. The average Bonchev–Trinajstić information content (AvgIpc) is 3.58. The fourth-order valence-electron chi connectivity index (χ4n) is 7.26. The summed E-state index contributed by atoms with van der Waals surface area (Å²) < 4.78 is 6.42. The van der Waals surface area contributed by atoms with Crippen molar-refractivity contribution < 1.29 is 9.53 Å². The third-order valence-electron chi connectivity index (χ3n) is 9.33. The molecule has 1 amide bonds. The highest BCUT2D eigenvalue weighted by atomic mass is 35.5. The van der Waals surface area contributed by atoms with Crippen molar-refractivity contribution in [3.05, 3.63) is 52.3 Å². The van der Waals surface area contributed by atoms with Gasteiger partial charge in [0.15, 0.2) is 5.15 Å². The van der Waals surface area contributed by atoms with Gasteiger partial charge in [-0.05, 0) is 71.3 Å². The number of pyridine rings is 1. The number of nitrogens with zero attached hydrogens (tertiary/aromatic N) is 7. The molecule has 1 N–H and O–H groups in total. The number of aromatic nitrogens is 3. The molecule has 0 spiro atoms. The zero-order valence-corrected chi connectivity index (χ0v) is 26.1. The van der Waals surface area contributed by atoms with Crippen LogP contribution in [0.15, 0.2) is 24.8 Å². The first kappa shape index (κ1) is 29.3. The van der Waals surface area contributed by atoms with Gasteiger partial charge in [-0.3, -0.25) is 9.89 Å². The van der Waals surface area contributed by atoms with Gasteiger partial charge in [0.05, 0.1) is 34.5 Å². The van der Waals surface area contributed by atoms with Crippen LogP contribution in [0.2, 0.25) is 5.15 Å². The zero-order valence-electron chi connectivity index (χ0n) is 25.4. The number of likely N-dealkylation sites (N-methyl/N-ethyl adjacent to an activating group) is 1. The van der Waals surface area contributed by atoms with Crippen LogP contribution in [-0.4, -0.2) is 88.8 Å². The lowest BCUT2D eigenvalue weighted by atomic mass is 9.95. The van der Waals surface area contributed by atoms with Gasteiger partial charge in [0.1, 0.15) is 18.2 Å². The molecule has 3 aromatic rings. The highest BCUT2D eigenvalue weighted by Gasteiger charge is 2.37. The van der Waals surface area contributed by atoms with Crippen LogP contribution in [0.5, 0.6) is 5.88 Å². The normalized spacial score (nSPS) is 22.5. The number of piperazine rings is 1. The topological polar surface area (TPSA) is 105 Å². The Kier molecular flexibility index (Phi) is 7.96. The van der Waals surface area contributed by atoms with Gasteiger partial charge in [0.25, 0.3) is 0 Å². The molecule has 6 rings (SSSR count). The second-order valence-electron chi connectivity index (χ2n) is 12.2. The molecule has 2 saturated heterocycles. The molecular weight excluding hydrogens is 564 g/mol. The summed E-state index contributed by atoms with van der Waals surface area (Å²) in [6.45, 7) is 13.9. The van der Waals surface area contributed by atoms with Crippen LogP contribution in [-0.2, 0) is 17.8 Å². The van der Waals surface area contributed by atoms with Crippen molar-refractivity contribution >= 4 is 39.8 Å². The Hall–Kier alpha value is -3.81. The largest absolute Gasteiger partial charge is 0.475 e. The number of amides is 1. The van der Waals surface area contributed by atoms with Crippen LogP contribution >= 0.6 is 11.6 Å². The van der Waals surface area contributed by atoms with E-state index in [4.69, 9.17) is 21.3 Å². The van der Waals surface area contributed by atoms with Crippen LogP contribution in [0.3, 0.4) is 0 Å². The van der Waals surface area contributed by atoms with Gasteiger partial charge in [-0.25, -0.2) is 4.98 Å². The zero-order chi connectivity index (χ0) is 30.4. The number of aryl methyl sites for hydroxylation is 1. The lowest BCUT2D eigenvalue weighted by molar-refractivity contribution is -0.130. The van der Waals surface area contributed by atoms with Crippen molar-refractivity contribution in [2.45, 2.75) is 64.7 Å². The van der Waals surface area contributed by atoms with Crippen LogP contribution in [0.1, 0.15) is 49.1 Å². The van der Waals surface area contributed by atoms with E-state index in [-0.39, 0.29) is 18.0 Å². The lowest BCUT2D eigenvalue weighted by Crippen LogP contribution is -2.58. The molecule has 0 unspecified atom stereocenters. The molecule has 3 aliphatic heterocycles. The van der Waals surface area contributed by atoms with Crippen molar-refractivity contribution in [2.75, 3.05) is 49.6 Å². The van der Waals surface area contributed by atoms with Crippen molar-refractivity contribution in [3.8, 4) is 11.9 Å². The summed E-state index contributed by atoms with van der Waals surface area (Å²) in [4.78, 5) is 26.5. The average molecular weight is 603 g/mol. The smallest absolute Gasteiger partial charge is 0.246 e. The predicted octanol–water partition coefficient (Wildman–Crippen LogP) is 4.44. The molecule has 5 heterocycles. The number of benzene rings is 1. The monoisotopic (exact) mass is 602 g/mol. The Morgan fingerprint density at radius 1 is 1.23 bits per heavy atom. The van der Waals surface area contributed by atoms with Gasteiger partial charge in [0, 0.05) is 43.3 Å². The SMILES string of the molecule is C=CC(=O)N1[C@H](C)CN(c2c(C#N)c(OC[C@@H]3CCCN3C)nc3c2CCN(c2c(C)ccc4[nH]nc(Cl)c24)C3)C[C@@H]1C. The maximum atomic E-state index is 12.7. The van der Waals surface area contributed by atoms with Crippen molar-refractivity contribution in [2.24, 2.45) is 0 Å². The van der Waals surface area contributed by atoms with E-state index in [2.05, 4.69) is 71.4 Å². The second kappa shape index (κ2) is 11.7. The molecule has 43 heavy (non-hydrogen) atoms. The number of H-pyrrole nitrogens is 1. The number of fused-ring (bicyclic) bond motifs is 2. The van der Waals surface area contributed by atoms with E-state index < -0.39 is 0 Å². The van der Waals surface area contributed by atoms with Gasteiger partial charge < -0.3 is 24.3 Å². The van der Waals surface area contributed by atoms with Gasteiger partial charge >= 0.3 is 0 Å². The number of rotatable bonds is 6. The fourth-order valence-corrected chi connectivity index (χ4v) is 7.49. The summed E-state index contributed by atoms with van der Waals surface area (Å²) in [5.74, 6) is 0.319. The number of anilines is 2. The number of nitriles is 1. The number of ether oxygens (including phenoxy) is 1. The molecular formula is C32H39ClN8O2. The first-order valence-corrected chi connectivity index (χ1v) is 15.5. The fraction of sp³-hybridized carbons (Fsp3) is 0.500. The molecule has 0 aliphatic carbocycles. The Morgan fingerprint density at radius 3 is 2.67 bits per heavy atom. The van der Waals surface area contributed by atoms with Gasteiger partial charge in [-0.2, -0.15) is 10.4 Å². The number of carbonyl (C=O) groups is 1. The molecule has 10 nitrogen and oxygen atoms in total. The standard InChI is InChI=1S/C32H39ClN8O2/c1-6-27(42)41-20(3)15-40(16-21(41)4)30-23-11-13-39(29-19(2)9-10-25-28(29)31(33)37-36-25)17-26(23)35-32(24(30)14-34)43-18-22-8-7-12-38(22)5/h6,9-10,20-22H,1,7-8,11-13,15-18H2,2-5H3,(H,36,37)/t20-,21+,22-/m0/s1. The first-order valence-electron chi connectivity index (χ1n) is 15.1. The summed E-state index contributed by atoms with van der Waals surface area (Å²) >= 11 is 6.56. The van der Waals surface area contributed by atoms with Crippen LogP contribution in [0.25, 0.3) is 10.9 Å². The molecule has 0 saturated carbocycles. The summed E-state index contributed by atoms with van der Waals surface area (Å²) in [6, 6.07) is 6.75. The third-order valence-corrected chi connectivity index (χ3v) is 9.60. The Balaban J connectivity index is 1.42. The third kappa shape index (κ3) is 5.19. The maximum absolute atomic E-state index is 12.7. The minimum absolute atomic E-state index is 0.0512. The van der Waals surface area contributed by atoms with E-state index in [9.17, 15) is 10.1 Å². The van der Waals surface area contributed by atoms with Crippen molar-refractivity contribution in [1.82, 2.24) is 25.0 Å². The Morgan fingerprint density at radius 2 is 2.00 bits per heavy atom. The molecule has 3 aliphatic rings. The van der Waals surface area contributed by atoms with E-state index in [1.54, 1.807) is 0 Å². The number of aromatic amines is 1. The van der Waals surface area contributed by atoms with Gasteiger partial charge in [0.2, 0.25) is 11.8 Å². The number of carbonyl (C=O) groups excluding carboxylic acids is 1. The van der Waals surface area contributed by atoms with E-state index in [0.29, 0.717) is 55.3 Å². The summed E-state index contributed by atoms with van der Waals surface area (Å²) in [5.41, 5.74) is 6.39. The van der Waals surface area contributed by atoms with Gasteiger partial charge in [-0.1, -0.05) is 24.2 Å². The Labute approximate surface area is 257 Å². The van der Waals surface area contributed by atoms with E-state index >= 15 is 0 Å². The first-order chi connectivity index (χ1) is 20.7. The highest BCUT2D eigenvalue weighted by Crippen LogP contribution is 2.41. The van der Waals surface area contributed by atoms with Crippen LogP contribution < -0.4 is 14.5 Å². The lowest BCUT2D eigenvalue weighted by Gasteiger charge is -2.46. The van der Waals surface area contributed by atoms with Crippen molar-refractivity contribution in [3.63, 3.8) is 0 Å². The number of halogens is 1. The van der Waals surface area contributed by atoms with Crippen molar-refractivity contribution in [1.29, 1.82) is 5.26 Å². The molecule has 0 bridgehead atoms. The summed E-state index contributed by atoms with van der Waals surface area (Å²) in [7, 11) is 2.12. The number of hydrogen-bond acceptors (Lipinski definition) is 8. The van der Waals surface area contributed by atoms with E-state index in [1.165, 1.54) is 6.08 Å². The minimum atomic E-state index is -0.0697. The van der Waals surface area contributed by atoms with E-state index in [0.717, 1.165) is 65.0 Å². The van der Waals surface area contributed by atoms with Gasteiger partial charge in [-0.15, -0.1) is 0 Å². The number of likely N-dealkylation sites (tertiary alicyclic amines) is 1. The number of nitrogens with one attached hydrogen (secondary N) is 1. The molecule has 2 fully saturated rings. The summed E-state index contributed by atoms with van der Waals surface area (Å²) in [6.07, 6.45) is 4.29. The summed E-state index contributed by atoms with van der Waals surface area (Å²) in [5, 5.41) is 19.2. The number of hydrogen-bond donors (Lipinski definition) is 1. The Bertz CT molecular complexity index is 1600. The minimum Gasteiger partial charge on any atom is -0.475 e. The molecule has 2 aromatic heterocycles. The van der Waals surface area contributed by atoms with Crippen LogP contribution in [0.4, 0.5) is 11.4 Å². The highest BCUT2D eigenvalue weighted by molar-refractivity contribution is 6.35. The second-order valence-corrected chi connectivity index (χ2v) is 12.5. The van der Waals surface area contributed by atoms with E-state index in [1.807, 2.05) is 11.0 Å². The molecule has 1 aromatic carbocycles. The van der Waals surface area contributed by atoms with Crippen LogP contribution in [0, 0.1) is 18.3 Å².